The zero-order chi connectivity index (χ0) is 24.3. The Bertz CT molecular complexity index is 875. The molecular weight excluding hydrogens is 432 g/mol. The molecule has 9 heteroatoms. The summed E-state index contributed by atoms with van der Waals surface area (Å²) in [5.74, 6) is -1.18. The van der Waals surface area contributed by atoms with E-state index in [-0.39, 0.29) is 31.3 Å². The Morgan fingerprint density at radius 1 is 1.21 bits per heavy atom. The number of aliphatic hydroxyl groups excluding tert-OH is 1. The van der Waals surface area contributed by atoms with Gasteiger partial charge in [0, 0.05) is 26.7 Å². The summed E-state index contributed by atoms with van der Waals surface area (Å²) in [6, 6.07) is 0. The second-order valence-corrected chi connectivity index (χ2v) is 10.5. The summed E-state index contributed by atoms with van der Waals surface area (Å²) in [5.41, 5.74) is -2.00. The zero-order valence-corrected chi connectivity index (χ0v) is 20.1. The van der Waals surface area contributed by atoms with Crippen LogP contribution < -0.4 is 0 Å². The monoisotopic (exact) mass is 466 g/mol. The maximum atomic E-state index is 12.5. The highest BCUT2D eigenvalue weighted by Crippen LogP contribution is 2.72. The fourth-order valence-electron chi connectivity index (χ4n) is 6.26. The van der Waals surface area contributed by atoms with Gasteiger partial charge in [-0.25, -0.2) is 0 Å². The van der Waals surface area contributed by atoms with Crippen molar-refractivity contribution in [1.29, 1.82) is 0 Å². The van der Waals surface area contributed by atoms with Gasteiger partial charge in [0.15, 0.2) is 0 Å². The molecule has 3 fully saturated rings. The van der Waals surface area contributed by atoms with Crippen LogP contribution in [0.3, 0.4) is 0 Å². The number of epoxide rings is 1. The van der Waals surface area contributed by atoms with Gasteiger partial charge in [-0.15, -0.1) is 0 Å². The summed E-state index contributed by atoms with van der Waals surface area (Å²) in [6.07, 6.45) is -1.46. The molecule has 0 aromatic heterocycles. The predicted octanol–water partition coefficient (Wildman–Crippen LogP) is 1.69. The summed E-state index contributed by atoms with van der Waals surface area (Å²) >= 11 is 0. The molecule has 8 atom stereocenters. The number of hydrogen-bond donors (Lipinski definition) is 1. The third-order valence-electron chi connectivity index (χ3n) is 8.00. The fourth-order valence-corrected chi connectivity index (χ4v) is 6.26. The second kappa shape index (κ2) is 8.06. The number of rotatable bonds is 6. The van der Waals surface area contributed by atoms with Crippen molar-refractivity contribution in [2.24, 2.45) is 16.7 Å². The summed E-state index contributed by atoms with van der Waals surface area (Å²) in [7, 11) is 0. The minimum atomic E-state index is -1.11. The first-order chi connectivity index (χ1) is 15.4. The molecule has 4 rings (SSSR count). The molecule has 0 aromatic rings. The first-order valence-corrected chi connectivity index (χ1v) is 11.5. The lowest BCUT2D eigenvalue weighted by atomic mass is 9.51. The Kier molecular flexibility index (Phi) is 5.90. The van der Waals surface area contributed by atoms with Crippen molar-refractivity contribution < 1.29 is 43.2 Å². The van der Waals surface area contributed by atoms with Crippen molar-refractivity contribution in [2.75, 3.05) is 13.2 Å². The van der Waals surface area contributed by atoms with Crippen LogP contribution in [0.4, 0.5) is 0 Å². The van der Waals surface area contributed by atoms with E-state index in [1.807, 2.05) is 33.8 Å². The van der Waals surface area contributed by atoms with Crippen LogP contribution in [0.1, 0.15) is 54.4 Å². The van der Waals surface area contributed by atoms with E-state index in [0.29, 0.717) is 6.61 Å². The molecule has 2 aliphatic heterocycles. The van der Waals surface area contributed by atoms with Gasteiger partial charge >= 0.3 is 17.9 Å². The van der Waals surface area contributed by atoms with E-state index in [1.165, 1.54) is 13.8 Å². The molecule has 9 nitrogen and oxygen atoms in total. The molecule has 0 radical (unpaired) electrons. The summed E-state index contributed by atoms with van der Waals surface area (Å²) < 4.78 is 29.4. The Balaban J connectivity index is 1.79. The van der Waals surface area contributed by atoms with Crippen LogP contribution in [0.15, 0.2) is 11.6 Å². The van der Waals surface area contributed by atoms with Crippen LogP contribution in [0.25, 0.3) is 0 Å². The number of carbonyl (C=O) groups excluding carboxylic acids is 3. The van der Waals surface area contributed by atoms with E-state index in [9.17, 15) is 19.5 Å². The van der Waals surface area contributed by atoms with Gasteiger partial charge in [0.1, 0.15) is 36.6 Å². The smallest absolute Gasteiger partial charge is 0.306 e. The van der Waals surface area contributed by atoms with E-state index in [2.05, 4.69) is 0 Å². The van der Waals surface area contributed by atoms with Gasteiger partial charge in [0.05, 0.1) is 23.5 Å². The van der Waals surface area contributed by atoms with E-state index < -0.39 is 58.9 Å². The van der Waals surface area contributed by atoms with E-state index in [4.69, 9.17) is 23.7 Å². The molecule has 1 N–H and O–H groups in total. The number of esters is 3. The lowest BCUT2D eigenvalue weighted by Gasteiger charge is -2.58. The maximum Gasteiger partial charge on any atom is 0.306 e. The molecule has 1 saturated carbocycles. The van der Waals surface area contributed by atoms with Crippen molar-refractivity contribution in [2.45, 2.75) is 90.5 Å². The topological polar surface area (TPSA) is 121 Å². The third kappa shape index (κ3) is 3.51. The van der Waals surface area contributed by atoms with Gasteiger partial charge in [-0.2, -0.15) is 0 Å². The number of hydrogen-bond acceptors (Lipinski definition) is 9. The average molecular weight is 467 g/mol. The van der Waals surface area contributed by atoms with Gasteiger partial charge < -0.3 is 28.8 Å². The minimum absolute atomic E-state index is 0.0617. The third-order valence-corrected chi connectivity index (χ3v) is 8.00. The first-order valence-electron chi connectivity index (χ1n) is 11.5. The molecule has 33 heavy (non-hydrogen) atoms. The summed E-state index contributed by atoms with van der Waals surface area (Å²) in [4.78, 5) is 36.4. The van der Waals surface area contributed by atoms with Crippen LogP contribution in [-0.4, -0.2) is 72.3 Å². The normalized spacial score (nSPS) is 43.0. The van der Waals surface area contributed by atoms with Crippen LogP contribution in [0.2, 0.25) is 0 Å². The van der Waals surface area contributed by atoms with Gasteiger partial charge in [-0.3, -0.25) is 14.4 Å². The number of ether oxygens (including phenoxy) is 5. The van der Waals surface area contributed by atoms with Gasteiger partial charge in [0.25, 0.3) is 0 Å². The summed E-state index contributed by atoms with van der Waals surface area (Å²) in [5, 5.41) is 11.2. The molecule has 2 heterocycles. The fraction of sp³-hybridized carbons (Fsp3) is 0.792. The van der Waals surface area contributed by atoms with Crippen LogP contribution >= 0.6 is 0 Å². The van der Waals surface area contributed by atoms with Crippen LogP contribution in [0.5, 0.6) is 0 Å². The SMILES string of the molecule is CC(=O)OC[C@]12C[C@H](OC(=O)CC(C)C)C(C)=C[C@H]1O[C@@H]1[C@H](O)C(OC(C)=O)[C@@]2(C)[C@]12CO2. The zero-order valence-electron chi connectivity index (χ0n) is 20.1. The molecule has 2 bridgehead atoms. The Hall–Kier alpha value is -1.97. The lowest BCUT2D eigenvalue weighted by molar-refractivity contribution is -0.241. The largest absolute Gasteiger partial charge is 0.465 e. The first kappa shape index (κ1) is 24.2. The van der Waals surface area contributed by atoms with Crippen LogP contribution in [0, 0.1) is 16.7 Å². The van der Waals surface area contributed by atoms with Crippen molar-refractivity contribution in [3.63, 3.8) is 0 Å². The predicted molar refractivity (Wildman–Crippen MR) is 114 cm³/mol. The van der Waals surface area contributed by atoms with Crippen molar-refractivity contribution in [3.8, 4) is 0 Å². The number of aliphatic hydroxyl groups is 1. The number of carbonyl (C=O) groups is 3. The molecule has 0 aromatic carbocycles. The van der Waals surface area contributed by atoms with Gasteiger partial charge in [-0.05, 0) is 18.4 Å². The molecule has 2 saturated heterocycles. The average Bonchev–Trinajstić information content (AvgIpc) is 3.48. The molecule has 2 aliphatic carbocycles. The summed E-state index contributed by atoms with van der Waals surface area (Å²) in [6.45, 7) is 10.5. The van der Waals surface area contributed by atoms with Crippen molar-refractivity contribution in [1.82, 2.24) is 0 Å². The van der Waals surface area contributed by atoms with E-state index >= 15 is 0 Å². The highest BCUT2D eigenvalue weighted by molar-refractivity contribution is 5.70. The molecule has 184 valence electrons. The van der Waals surface area contributed by atoms with Gasteiger partial charge in [-0.1, -0.05) is 26.8 Å². The Labute approximate surface area is 193 Å². The van der Waals surface area contributed by atoms with Crippen molar-refractivity contribution in [3.05, 3.63) is 11.6 Å². The highest BCUT2D eigenvalue weighted by Gasteiger charge is 2.86. The quantitative estimate of drug-likeness (QED) is 0.270. The van der Waals surface area contributed by atoms with E-state index in [0.717, 1.165) is 5.57 Å². The Morgan fingerprint density at radius 2 is 1.88 bits per heavy atom. The standard InChI is InChI=1S/C24H34O9/c1-12(2)7-18(27)32-16-9-23(10-29-14(4)25)17(8-13(16)3)33-21-19(28)20(31-15(5)26)22(23,6)24(21)11-30-24/h8,12,16-17,19-21,28H,7,9-11H2,1-6H3/t16-,17+,19+,20?,21+,22+,23+,24-/m0/s1. The van der Waals surface area contributed by atoms with E-state index in [1.54, 1.807) is 0 Å². The molecular formula is C24H34O9. The molecule has 4 aliphatic rings. The molecule has 1 spiro atoms. The molecule has 1 unspecified atom stereocenters. The van der Waals surface area contributed by atoms with Crippen LogP contribution in [-0.2, 0) is 38.1 Å². The van der Waals surface area contributed by atoms with Crippen molar-refractivity contribution >= 4 is 17.9 Å². The molecule has 0 amide bonds. The minimum Gasteiger partial charge on any atom is -0.465 e. The van der Waals surface area contributed by atoms with Gasteiger partial charge in [0.2, 0.25) is 0 Å². The highest BCUT2D eigenvalue weighted by atomic mass is 16.7. The lowest BCUT2D eigenvalue weighted by Crippen LogP contribution is -2.68. The Morgan fingerprint density at radius 3 is 2.42 bits per heavy atom. The second-order valence-electron chi connectivity index (χ2n) is 10.5. The maximum absolute atomic E-state index is 12.5. The number of fused-ring (bicyclic) bond motifs is 2.